The maximum absolute atomic E-state index is 11.4. The van der Waals surface area contributed by atoms with Crippen molar-refractivity contribution < 1.29 is 4.79 Å². The molecule has 1 aliphatic heterocycles. The number of nitrogens with two attached hydrogens (primary N) is 1. The van der Waals surface area contributed by atoms with Crippen molar-refractivity contribution in [2.45, 2.75) is 25.9 Å². The van der Waals surface area contributed by atoms with E-state index >= 15 is 0 Å². The highest BCUT2D eigenvalue weighted by atomic mass is 16.1. The third-order valence-corrected chi connectivity index (χ3v) is 3.38. The van der Waals surface area contributed by atoms with Crippen LogP contribution in [0.3, 0.4) is 0 Å². The van der Waals surface area contributed by atoms with E-state index in [-0.39, 0.29) is 11.9 Å². The normalized spacial score (nSPS) is 21.1. The molecule has 0 saturated carbocycles. The second-order valence-electron chi connectivity index (χ2n) is 4.72. The van der Waals surface area contributed by atoms with E-state index in [0.717, 1.165) is 31.7 Å². The predicted molar refractivity (Wildman–Crippen MR) is 68.8 cm³/mol. The molecule has 0 aliphatic carbocycles. The predicted octanol–water partition coefficient (Wildman–Crippen LogP) is -0.758. The molecule has 1 aromatic heterocycles. The number of piperazine rings is 1. The molecule has 1 aromatic rings. The molecule has 0 bridgehead atoms. The molecule has 1 amide bonds. The minimum absolute atomic E-state index is 0.219. The fourth-order valence-corrected chi connectivity index (χ4v) is 2.45. The topological polar surface area (TPSA) is 76.2 Å². The van der Waals surface area contributed by atoms with Crippen molar-refractivity contribution >= 4 is 5.91 Å². The van der Waals surface area contributed by atoms with E-state index in [1.54, 1.807) is 0 Å². The van der Waals surface area contributed by atoms with Crippen molar-refractivity contribution in [3.05, 3.63) is 17.5 Å². The Morgan fingerprint density at radius 2 is 2.44 bits per heavy atom. The molecule has 2 heterocycles. The van der Waals surface area contributed by atoms with Crippen LogP contribution in [0.2, 0.25) is 0 Å². The summed E-state index contributed by atoms with van der Waals surface area (Å²) in [5.41, 5.74) is 7.73. The lowest BCUT2D eigenvalue weighted by Gasteiger charge is -2.33. The number of nitrogens with zero attached hydrogens (tertiary/aromatic N) is 3. The molecule has 6 nitrogen and oxygen atoms in total. The van der Waals surface area contributed by atoms with Gasteiger partial charge in [-0.1, -0.05) is 6.92 Å². The van der Waals surface area contributed by atoms with Gasteiger partial charge in [0.15, 0.2) is 0 Å². The SMILES string of the molecule is CCc1nn(C)cc1CN1CCNCC1C(N)=O. The van der Waals surface area contributed by atoms with Gasteiger partial charge < -0.3 is 11.1 Å². The summed E-state index contributed by atoms with van der Waals surface area (Å²) in [7, 11) is 1.92. The molecule has 100 valence electrons. The Morgan fingerprint density at radius 1 is 1.67 bits per heavy atom. The Morgan fingerprint density at radius 3 is 3.11 bits per heavy atom. The van der Waals surface area contributed by atoms with E-state index in [0.29, 0.717) is 6.54 Å². The van der Waals surface area contributed by atoms with Crippen LogP contribution < -0.4 is 11.1 Å². The van der Waals surface area contributed by atoms with Gasteiger partial charge in [-0.05, 0) is 6.42 Å². The average Bonchev–Trinajstić information content (AvgIpc) is 2.70. The number of rotatable bonds is 4. The lowest BCUT2D eigenvalue weighted by Crippen LogP contribution is -2.56. The van der Waals surface area contributed by atoms with Crippen molar-refractivity contribution in [3.63, 3.8) is 0 Å². The van der Waals surface area contributed by atoms with Crippen LogP contribution in [0.15, 0.2) is 6.20 Å². The van der Waals surface area contributed by atoms with Crippen LogP contribution in [-0.2, 0) is 24.8 Å². The Labute approximate surface area is 107 Å². The quantitative estimate of drug-likeness (QED) is 0.737. The molecule has 1 unspecified atom stereocenters. The van der Waals surface area contributed by atoms with Gasteiger partial charge in [-0.25, -0.2) is 0 Å². The second-order valence-corrected chi connectivity index (χ2v) is 4.72. The van der Waals surface area contributed by atoms with Crippen LogP contribution >= 0.6 is 0 Å². The first-order valence-electron chi connectivity index (χ1n) is 6.37. The minimum Gasteiger partial charge on any atom is -0.368 e. The molecule has 0 aromatic carbocycles. The van der Waals surface area contributed by atoms with Crippen LogP contribution in [0.1, 0.15) is 18.2 Å². The third kappa shape index (κ3) is 2.70. The summed E-state index contributed by atoms with van der Waals surface area (Å²) in [5, 5.41) is 7.63. The van der Waals surface area contributed by atoms with E-state index in [1.807, 2.05) is 17.9 Å². The largest absolute Gasteiger partial charge is 0.368 e. The van der Waals surface area contributed by atoms with Crippen molar-refractivity contribution in [1.29, 1.82) is 0 Å². The van der Waals surface area contributed by atoms with Gasteiger partial charge >= 0.3 is 0 Å². The number of primary amides is 1. The highest BCUT2D eigenvalue weighted by molar-refractivity contribution is 5.80. The van der Waals surface area contributed by atoms with E-state index in [9.17, 15) is 4.79 Å². The van der Waals surface area contributed by atoms with E-state index in [1.165, 1.54) is 5.56 Å². The molecule has 0 spiro atoms. The molecule has 3 N–H and O–H groups in total. The Balaban J connectivity index is 2.13. The van der Waals surface area contributed by atoms with Gasteiger partial charge in [0.05, 0.1) is 5.69 Å². The van der Waals surface area contributed by atoms with E-state index < -0.39 is 0 Å². The molecule has 2 rings (SSSR count). The molecule has 1 aliphatic rings. The minimum atomic E-state index is -0.260. The number of aryl methyl sites for hydroxylation is 2. The summed E-state index contributed by atoms with van der Waals surface area (Å²) in [5.74, 6) is -0.260. The lowest BCUT2D eigenvalue weighted by atomic mass is 10.1. The molecule has 6 heteroatoms. The van der Waals surface area contributed by atoms with Crippen LogP contribution in [-0.4, -0.2) is 46.3 Å². The number of amides is 1. The Kier molecular flexibility index (Phi) is 3.98. The summed E-state index contributed by atoms with van der Waals surface area (Å²) in [6.07, 6.45) is 2.93. The third-order valence-electron chi connectivity index (χ3n) is 3.38. The number of carbonyl (C=O) groups excluding carboxylic acids is 1. The van der Waals surface area contributed by atoms with Crippen LogP contribution in [0.4, 0.5) is 0 Å². The van der Waals surface area contributed by atoms with Crippen molar-refractivity contribution in [2.24, 2.45) is 12.8 Å². The zero-order chi connectivity index (χ0) is 13.1. The fraction of sp³-hybridized carbons (Fsp3) is 0.667. The first kappa shape index (κ1) is 13.0. The maximum atomic E-state index is 11.4. The lowest BCUT2D eigenvalue weighted by molar-refractivity contribution is -0.124. The molecule has 1 fully saturated rings. The van der Waals surface area contributed by atoms with Gasteiger partial charge in [0.1, 0.15) is 6.04 Å². The van der Waals surface area contributed by atoms with E-state index in [4.69, 9.17) is 5.73 Å². The standard InChI is InChI=1S/C12H21N5O/c1-3-10-9(7-16(2)15-10)8-17-5-4-14-6-11(17)12(13)18/h7,11,14H,3-6,8H2,1-2H3,(H2,13,18). The Bertz CT molecular complexity index is 428. The zero-order valence-corrected chi connectivity index (χ0v) is 11.0. The Hall–Kier alpha value is -1.40. The summed E-state index contributed by atoms with van der Waals surface area (Å²) in [6.45, 7) is 5.20. The summed E-state index contributed by atoms with van der Waals surface area (Å²) in [6, 6.07) is -0.219. The molecular formula is C12H21N5O. The summed E-state index contributed by atoms with van der Waals surface area (Å²) in [4.78, 5) is 13.6. The number of hydrogen-bond acceptors (Lipinski definition) is 4. The highest BCUT2D eigenvalue weighted by Gasteiger charge is 2.27. The van der Waals surface area contributed by atoms with Crippen molar-refractivity contribution in [1.82, 2.24) is 20.0 Å². The zero-order valence-electron chi connectivity index (χ0n) is 11.0. The van der Waals surface area contributed by atoms with Crippen LogP contribution in [0.5, 0.6) is 0 Å². The van der Waals surface area contributed by atoms with Gasteiger partial charge in [-0.15, -0.1) is 0 Å². The average molecular weight is 251 g/mol. The van der Waals surface area contributed by atoms with E-state index in [2.05, 4.69) is 22.2 Å². The number of hydrogen-bond donors (Lipinski definition) is 2. The molecule has 1 saturated heterocycles. The monoisotopic (exact) mass is 251 g/mol. The van der Waals surface area contributed by atoms with Gasteiger partial charge in [0.25, 0.3) is 0 Å². The second kappa shape index (κ2) is 5.49. The molecule has 18 heavy (non-hydrogen) atoms. The summed E-state index contributed by atoms with van der Waals surface area (Å²) >= 11 is 0. The highest BCUT2D eigenvalue weighted by Crippen LogP contribution is 2.14. The molecular weight excluding hydrogens is 230 g/mol. The fourth-order valence-electron chi connectivity index (χ4n) is 2.45. The van der Waals surface area contributed by atoms with Gasteiger partial charge in [0.2, 0.25) is 5.91 Å². The van der Waals surface area contributed by atoms with Gasteiger partial charge in [0, 0.05) is 45.0 Å². The van der Waals surface area contributed by atoms with Crippen molar-refractivity contribution in [2.75, 3.05) is 19.6 Å². The smallest absolute Gasteiger partial charge is 0.236 e. The maximum Gasteiger partial charge on any atom is 0.236 e. The number of aromatic nitrogens is 2. The van der Waals surface area contributed by atoms with Gasteiger partial charge in [-0.3, -0.25) is 14.4 Å². The number of carbonyl (C=O) groups is 1. The molecule has 1 atom stereocenters. The first-order chi connectivity index (χ1) is 8.61. The molecule has 0 radical (unpaired) electrons. The summed E-state index contributed by atoms with van der Waals surface area (Å²) < 4.78 is 1.83. The first-order valence-corrected chi connectivity index (χ1v) is 6.37. The van der Waals surface area contributed by atoms with Crippen molar-refractivity contribution in [3.8, 4) is 0 Å². The van der Waals surface area contributed by atoms with Crippen LogP contribution in [0.25, 0.3) is 0 Å². The van der Waals surface area contributed by atoms with Crippen LogP contribution in [0, 0.1) is 0 Å². The number of nitrogens with one attached hydrogen (secondary N) is 1. The van der Waals surface area contributed by atoms with Gasteiger partial charge in [-0.2, -0.15) is 5.10 Å².